The van der Waals surface area contributed by atoms with Gasteiger partial charge in [-0.3, -0.25) is 0 Å². The molecule has 0 heterocycles. The highest BCUT2D eigenvalue weighted by atomic mass is 31.0. The lowest BCUT2D eigenvalue weighted by Crippen LogP contribution is -1.85. The predicted octanol–water partition coefficient (Wildman–Crippen LogP) is 5.49. The first-order valence-electron chi connectivity index (χ1n) is 7.23. The van der Waals surface area contributed by atoms with Crippen molar-refractivity contribution in [3.05, 3.63) is 0 Å². The lowest BCUT2D eigenvalue weighted by atomic mass is 10.1. The maximum Gasteiger partial charge on any atom is 0.0501 e. The van der Waals surface area contributed by atoms with Crippen molar-refractivity contribution in [1.82, 2.24) is 0 Å². The Hall–Kier alpha value is 0.390. The summed E-state index contributed by atoms with van der Waals surface area (Å²) < 4.78 is 4.95. The topological polar surface area (TPSA) is 9.23 Å². The van der Waals surface area contributed by atoms with Crippen molar-refractivity contribution in [3.8, 4) is 0 Å². The van der Waals surface area contributed by atoms with Crippen LogP contribution in [-0.2, 0) is 4.52 Å². The van der Waals surface area contributed by atoms with Crippen LogP contribution in [0.15, 0.2) is 0 Å². The SMILES string of the molecule is CCCCCCCCCCCCCCOP. The molecule has 0 aromatic rings. The van der Waals surface area contributed by atoms with Crippen LogP contribution in [-0.4, -0.2) is 6.61 Å². The van der Waals surface area contributed by atoms with Crippen LogP contribution in [0.25, 0.3) is 0 Å². The first kappa shape index (κ1) is 16.4. The fourth-order valence-electron chi connectivity index (χ4n) is 2.03. The fourth-order valence-corrected chi connectivity index (χ4v) is 2.19. The molecule has 0 N–H and O–H groups in total. The molecule has 0 aromatic carbocycles. The smallest absolute Gasteiger partial charge is 0.0501 e. The lowest BCUT2D eigenvalue weighted by molar-refractivity contribution is 0.352. The first-order valence-corrected chi connectivity index (χ1v) is 7.70. The molecule has 2 heteroatoms. The van der Waals surface area contributed by atoms with Crippen molar-refractivity contribution in [2.45, 2.75) is 84.0 Å². The minimum absolute atomic E-state index is 0.905. The summed E-state index contributed by atoms with van der Waals surface area (Å²) >= 11 is 0. The Morgan fingerprint density at radius 2 is 1.00 bits per heavy atom. The molecule has 0 amide bonds. The molecule has 0 bridgehead atoms. The molecule has 0 fully saturated rings. The molecular formula is C14H31OP. The van der Waals surface area contributed by atoms with Gasteiger partial charge >= 0.3 is 0 Å². The van der Waals surface area contributed by atoms with Gasteiger partial charge in [0.05, 0.1) is 6.61 Å². The third-order valence-corrected chi connectivity index (χ3v) is 3.35. The van der Waals surface area contributed by atoms with Gasteiger partial charge in [0.25, 0.3) is 0 Å². The Bertz CT molecular complexity index is 103. The molecule has 98 valence electrons. The van der Waals surface area contributed by atoms with E-state index < -0.39 is 0 Å². The van der Waals surface area contributed by atoms with Crippen molar-refractivity contribution in [3.63, 3.8) is 0 Å². The molecular weight excluding hydrogens is 215 g/mol. The second-order valence-electron chi connectivity index (χ2n) is 4.76. The summed E-state index contributed by atoms with van der Waals surface area (Å²) in [5, 5.41) is 0. The molecule has 1 atom stereocenters. The summed E-state index contributed by atoms with van der Waals surface area (Å²) in [7, 11) is 2.32. The van der Waals surface area contributed by atoms with Gasteiger partial charge < -0.3 is 4.52 Å². The normalized spacial score (nSPS) is 10.9. The van der Waals surface area contributed by atoms with Crippen LogP contribution < -0.4 is 0 Å². The van der Waals surface area contributed by atoms with E-state index >= 15 is 0 Å². The van der Waals surface area contributed by atoms with Gasteiger partial charge in [-0.1, -0.05) is 77.6 Å². The van der Waals surface area contributed by atoms with Crippen LogP contribution >= 0.6 is 9.47 Å². The second-order valence-corrected chi connectivity index (χ2v) is 5.09. The molecule has 0 aliphatic heterocycles. The average molecular weight is 246 g/mol. The van der Waals surface area contributed by atoms with Gasteiger partial charge in [-0.05, 0) is 6.42 Å². The Morgan fingerprint density at radius 3 is 1.38 bits per heavy atom. The lowest BCUT2D eigenvalue weighted by Gasteiger charge is -2.02. The summed E-state index contributed by atoms with van der Waals surface area (Å²) in [6.07, 6.45) is 16.9. The zero-order valence-corrected chi connectivity index (χ0v) is 12.3. The Kier molecular flexibility index (Phi) is 15.8. The van der Waals surface area contributed by atoms with E-state index in [-0.39, 0.29) is 0 Å². The second kappa shape index (κ2) is 15.4. The summed E-state index contributed by atoms with van der Waals surface area (Å²) in [6, 6.07) is 0. The maximum absolute atomic E-state index is 4.95. The van der Waals surface area contributed by atoms with E-state index in [1.54, 1.807) is 0 Å². The summed E-state index contributed by atoms with van der Waals surface area (Å²) in [4.78, 5) is 0. The Morgan fingerprint density at radius 1 is 0.625 bits per heavy atom. The van der Waals surface area contributed by atoms with E-state index in [0.29, 0.717) is 0 Å². The highest BCUT2D eigenvalue weighted by Gasteiger charge is 1.92. The maximum atomic E-state index is 4.95. The van der Waals surface area contributed by atoms with Crippen LogP contribution in [0.1, 0.15) is 84.0 Å². The predicted molar refractivity (Wildman–Crippen MR) is 76.7 cm³/mol. The summed E-state index contributed by atoms with van der Waals surface area (Å²) in [6.45, 7) is 3.18. The van der Waals surface area contributed by atoms with Crippen molar-refractivity contribution >= 4 is 9.47 Å². The van der Waals surface area contributed by atoms with Crippen molar-refractivity contribution in [2.75, 3.05) is 6.61 Å². The highest BCUT2D eigenvalue weighted by Crippen LogP contribution is 2.11. The fraction of sp³-hybridized carbons (Fsp3) is 1.00. The Labute approximate surface area is 105 Å². The zero-order chi connectivity index (χ0) is 11.9. The van der Waals surface area contributed by atoms with Crippen LogP contribution in [0.4, 0.5) is 0 Å². The van der Waals surface area contributed by atoms with Gasteiger partial charge in [-0.15, -0.1) is 0 Å². The van der Waals surface area contributed by atoms with Gasteiger partial charge in [0, 0.05) is 9.47 Å². The van der Waals surface area contributed by atoms with E-state index in [1.807, 2.05) is 0 Å². The standard InChI is InChI=1S/C14H31OP/c1-2-3-4-5-6-7-8-9-10-11-12-13-14-15-16/h2-14,16H2,1H3. The van der Waals surface area contributed by atoms with Crippen molar-refractivity contribution in [1.29, 1.82) is 0 Å². The van der Waals surface area contributed by atoms with Crippen molar-refractivity contribution in [2.24, 2.45) is 0 Å². The third kappa shape index (κ3) is 14.4. The quantitative estimate of drug-likeness (QED) is 0.308. The van der Waals surface area contributed by atoms with E-state index in [2.05, 4.69) is 16.4 Å². The van der Waals surface area contributed by atoms with Gasteiger partial charge in [0.1, 0.15) is 0 Å². The molecule has 0 spiro atoms. The van der Waals surface area contributed by atoms with Gasteiger partial charge in [0.2, 0.25) is 0 Å². The number of rotatable bonds is 13. The van der Waals surface area contributed by atoms with Crippen LogP contribution in [0, 0.1) is 0 Å². The van der Waals surface area contributed by atoms with E-state index in [4.69, 9.17) is 4.52 Å². The zero-order valence-electron chi connectivity index (χ0n) is 11.2. The van der Waals surface area contributed by atoms with Gasteiger partial charge in [-0.2, -0.15) is 0 Å². The minimum Gasteiger partial charge on any atom is -0.366 e. The molecule has 0 radical (unpaired) electrons. The number of hydrogen-bond donors (Lipinski definition) is 0. The molecule has 1 nitrogen and oxygen atoms in total. The number of unbranched alkanes of at least 4 members (excludes halogenated alkanes) is 11. The molecule has 0 rings (SSSR count). The largest absolute Gasteiger partial charge is 0.366 e. The highest BCUT2D eigenvalue weighted by molar-refractivity contribution is 7.09. The molecule has 0 saturated carbocycles. The van der Waals surface area contributed by atoms with Crippen LogP contribution in [0.2, 0.25) is 0 Å². The summed E-state index contributed by atoms with van der Waals surface area (Å²) in [5.41, 5.74) is 0. The van der Waals surface area contributed by atoms with Gasteiger partial charge in [-0.25, -0.2) is 0 Å². The van der Waals surface area contributed by atoms with Crippen LogP contribution in [0.5, 0.6) is 0 Å². The van der Waals surface area contributed by atoms with Gasteiger partial charge in [0.15, 0.2) is 0 Å². The number of hydrogen-bond acceptors (Lipinski definition) is 1. The molecule has 1 unspecified atom stereocenters. The molecule has 16 heavy (non-hydrogen) atoms. The van der Waals surface area contributed by atoms with E-state index in [1.165, 1.54) is 77.0 Å². The monoisotopic (exact) mass is 246 g/mol. The van der Waals surface area contributed by atoms with Crippen molar-refractivity contribution < 1.29 is 4.52 Å². The molecule has 0 aromatic heterocycles. The first-order chi connectivity index (χ1) is 7.91. The van der Waals surface area contributed by atoms with E-state index in [0.717, 1.165) is 6.61 Å². The molecule has 0 aliphatic rings. The third-order valence-electron chi connectivity index (χ3n) is 3.12. The van der Waals surface area contributed by atoms with E-state index in [9.17, 15) is 0 Å². The summed E-state index contributed by atoms with van der Waals surface area (Å²) in [5.74, 6) is 0. The van der Waals surface area contributed by atoms with Crippen LogP contribution in [0.3, 0.4) is 0 Å². The average Bonchev–Trinajstić information content (AvgIpc) is 2.31. The molecule has 0 aliphatic carbocycles. The minimum atomic E-state index is 0.905. The Balaban J connectivity index is 2.83. The molecule has 0 saturated heterocycles.